The largest absolute Gasteiger partial charge is 0.462 e. The monoisotopic (exact) mass is 268 g/mol. The number of rotatable bonds is 5. The van der Waals surface area contributed by atoms with E-state index in [1.165, 1.54) is 18.4 Å². The summed E-state index contributed by atoms with van der Waals surface area (Å²) in [6.45, 7) is 0.148. The summed E-state index contributed by atoms with van der Waals surface area (Å²) in [5.41, 5.74) is 5.58. The van der Waals surface area contributed by atoms with Crippen LogP contribution in [0.3, 0.4) is 0 Å². The van der Waals surface area contributed by atoms with Gasteiger partial charge in [0.2, 0.25) is 11.0 Å². The molecule has 0 bridgehead atoms. The third kappa shape index (κ3) is 2.92. The highest BCUT2D eigenvalue weighted by molar-refractivity contribution is 7.18. The molecule has 0 fully saturated rings. The van der Waals surface area contributed by atoms with Crippen LogP contribution < -0.4 is 11.1 Å². The standard InChI is InChI=1S/C10H12N4O3S/c1-16-5-6(11)8(15)12-10-14-13-9(18-10)7-3-2-4-17-7/h2-4,6H,5,11H2,1H3,(H,12,14,15). The third-order valence-corrected chi connectivity index (χ3v) is 2.92. The lowest BCUT2D eigenvalue weighted by Crippen LogP contribution is -2.39. The number of amides is 1. The van der Waals surface area contributed by atoms with Crippen molar-refractivity contribution in [2.45, 2.75) is 6.04 Å². The Labute approximate surface area is 107 Å². The Hall–Kier alpha value is -1.77. The quantitative estimate of drug-likeness (QED) is 0.827. The van der Waals surface area contributed by atoms with E-state index in [9.17, 15) is 4.79 Å². The van der Waals surface area contributed by atoms with Crippen molar-refractivity contribution in [2.75, 3.05) is 19.0 Å². The maximum atomic E-state index is 11.6. The van der Waals surface area contributed by atoms with Crippen molar-refractivity contribution in [2.24, 2.45) is 5.73 Å². The molecule has 0 aliphatic heterocycles. The summed E-state index contributed by atoms with van der Waals surface area (Å²) in [6.07, 6.45) is 1.55. The molecule has 2 heterocycles. The average Bonchev–Trinajstić information content (AvgIpc) is 2.98. The van der Waals surface area contributed by atoms with Crippen LogP contribution in [-0.4, -0.2) is 35.9 Å². The summed E-state index contributed by atoms with van der Waals surface area (Å²) in [4.78, 5) is 11.6. The fourth-order valence-electron chi connectivity index (χ4n) is 1.23. The molecule has 0 aromatic carbocycles. The number of methoxy groups -OCH3 is 1. The number of carbonyl (C=O) groups is 1. The molecule has 0 aliphatic carbocycles. The highest BCUT2D eigenvalue weighted by Crippen LogP contribution is 2.26. The summed E-state index contributed by atoms with van der Waals surface area (Å²) in [6, 6.07) is 2.79. The number of nitrogens with two attached hydrogens (primary N) is 1. The van der Waals surface area contributed by atoms with Crippen LogP contribution in [0.1, 0.15) is 0 Å². The van der Waals surface area contributed by atoms with Crippen molar-refractivity contribution in [3.63, 3.8) is 0 Å². The molecule has 1 atom stereocenters. The zero-order valence-electron chi connectivity index (χ0n) is 9.62. The van der Waals surface area contributed by atoms with E-state index in [2.05, 4.69) is 15.5 Å². The Morgan fingerprint density at radius 3 is 3.17 bits per heavy atom. The summed E-state index contributed by atoms with van der Waals surface area (Å²) >= 11 is 1.21. The molecule has 0 saturated carbocycles. The number of aromatic nitrogens is 2. The first kappa shape index (κ1) is 12.7. The van der Waals surface area contributed by atoms with Gasteiger partial charge in [0.05, 0.1) is 12.9 Å². The molecule has 2 rings (SSSR count). The second kappa shape index (κ2) is 5.71. The lowest BCUT2D eigenvalue weighted by Gasteiger charge is -2.08. The molecule has 0 spiro atoms. The number of anilines is 1. The Morgan fingerprint density at radius 2 is 2.50 bits per heavy atom. The highest BCUT2D eigenvalue weighted by atomic mass is 32.1. The molecule has 18 heavy (non-hydrogen) atoms. The molecule has 96 valence electrons. The first-order valence-corrected chi connectivity index (χ1v) is 5.95. The van der Waals surface area contributed by atoms with Crippen LogP contribution in [-0.2, 0) is 9.53 Å². The zero-order valence-corrected chi connectivity index (χ0v) is 10.4. The number of carbonyl (C=O) groups excluding carboxylic acids is 1. The van der Waals surface area contributed by atoms with Crippen molar-refractivity contribution in [1.29, 1.82) is 0 Å². The Balaban J connectivity index is 2.01. The van der Waals surface area contributed by atoms with Gasteiger partial charge in [-0.1, -0.05) is 11.3 Å². The van der Waals surface area contributed by atoms with Gasteiger partial charge in [-0.15, -0.1) is 10.2 Å². The fourth-order valence-corrected chi connectivity index (χ4v) is 1.94. The van der Waals surface area contributed by atoms with Gasteiger partial charge in [-0.05, 0) is 12.1 Å². The maximum absolute atomic E-state index is 11.6. The van der Waals surface area contributed by atoms with Crippen LogP contribution >= 0.6 is 11.3 Å². The number of furan rings is 1. The summed E-state index contributed by atoms with van der Waals surface area (Å²) in [7, 11) is 1.48. The van der Waals surface area contributed by atoms with Crippen LogP contribution in [0.25, 0.3) is 10.8 Å². The number of ether oxygens (including phenoxy) is 1. The van der Waals surface area contributed by atoms with E-state index < -0.39 is 6.04 Å². The van der Waals surface area contributed by atoms with Gasteiger partial charge < -0.3 is 14.9 Å². The van der Waals surface area contributed by atoms with Gasteiger partial charge >= 0.3 is 0 Å². The zero-order chi connectivity index (χ0) is 13.0. The van der Waals surface area contributed by atoms with Crippen molar-refractivity contribution in [3.05, 3.63) is 18.4 Å². The number of nitrogens with zero attached hydrogens (tertiary/aromatic N) is 2. The lowest BCUT2D eigenvalue weighted by atomic mass is 10.3. The lowest BCUT2D eigenvalue weighted by molar-refractivity contribution is -0.118. The highest BCUT2D eigenvalue weighted by Gasteiger charge is 2.16. The van der Waals surface area contributed by atoms with E-state index in [1.807, 2.05) is 0 Å². The fraction of sp³-hybridized carbons (Fsp3) is 0.300. The Bertz CT molecular complexity index is 511. The molecule has 2 aromatic heterocycles. The van der Waals surface area contributed by atoms with Gasteiger partial charge in [-0.25, -0.2) is 0 Å². The molecule has 0 saturated heterocycles. The van der Waals surface area contributed by atoms with E-state index >= 15 is 0 Å². The van der Waals surface area contributed by atoms with Crippen molar-refractivity contribution in [3.8, 4) is 10.8 Å². The van der Waals surface area contributed by atoms with E-state index in [1.54, 1.807) is 18.4 Å². The van der Waals surface area contributed by atoms with E-state index in [-0.39, 0.29) is 12.5 Å². The average molecular weight is 268 g/mol. The van der Waals surface area contributed by atoms with Crippen LogP contribution in [0.5, 0.6) is 0 Å². The second-order valence-corrected chi connectivity index (χ2v) is 4.42. The van der Waals surface area contributed by atoms with E-state index in [0.29, 0.717) is 15.9 Å². The van der Waals surface area contributed by atoms with Gasteiger partial charge in [0.25, 0.3) is 0 Å². The minimum atomic E-state index is -0.731. The Morgan fingerprint density at radius 1 is 1.67 bits per heavy atom. The van der Waals surface area contributed by atoms with Crippen LogP contribution in [0.4, 0.5) is 5.13 Å². The van der Waals surface area contributed by atoms with Crippen LogP contribution in [0.2, 0.25) is 0 Å². The molecular weight excluding hydrogens is 256 g/mol. The van der Waals surface area contributed by atoms with E-state index in [4.69, 9.17) is 14.9 Å². The molecular formula is C10H12N4O3S. The molecule has 0 radical (unpaired) electrons. The molecule has 8 heteroatoms. The smallest absolute Gasteiger partial charge is 0.245 e. The topological polar surface area (TPSA) is 103 Å². The first-order chi connectivity index (χ1) is 8.70. The van der Waals surface area contributed by atoms with Gasteiger partial charge in [-0.3, -0.25) is 10.1 Å². The molecule has 7 nitrogen and oxygen atoms in total. The molecule has 3 N–H and O–H groups in total. The minimum Gasteiger partial charge on any atom is -0.462 e. The number of hydrogen-bond acceptors (Lipinski definition) is 7. The van der Waals surface area contributed by atoms with Gasteiger partial charge in [-0.2, -0.15) is 0 Å². The third-order valence-electron chi connectivity index (χ3n) is 2.07. The molecule has 1 amide bonds. The van der Waals surface area contributed by atoms with Crippen molar-refractivity contribution < 1.29 is 13.9 Å². The van der Waals surface area contributed by atoms with Crippen LogP contribution in [0.15, 0.2) is 22.8 Å². The van der Waals surface area contributed by atoms with Gasteiger partial charge in [0.1, 0.15) is 6.04 Å². The Kier molecular flexibility index (Phi) is 4.03. The summed E-state index contributed by atoms with van der Waals surface area (Å²) in [5.74, 6) is 0.244. The first-order valence-electron chi connectivity index (χ1n) is 5.13. The number of hydrogen-bond donors (Lipinski definition) is 2. The normalized spacial score (nSPS) is 12.3. The van der Waals surface area contributed by atoms with Gasteiger partial charge in [0.15, 0.2) is 10.8 Å². The SMILES string of the molecule is COCC(N)C(=O)Nc1nnc(-c2ccco2)s1. The predicted molar refractivity (Wildman–Crippen MR) is 66.1 cm³/mol. The molecule has 1 unspecified atom stereocenters. The van der Waals surface area contributed by atoms with Crippen molar-refractivity contribution >= 4 is 22.4 Å². The molecule has 0 aliphatic rings. The van der Waals surface area contributed by atoms with Gasteiger partial charge in [0, 0.05) is 7.11 Å². The van der Waals surface area contributed by atoms with Crippen molar-refractivity contribution in [1.82, 2.24) is 10.2 Å². The van der Waals surface area contributed by atoms with E-state index in [0.717, 1.165) is 0 Å². The minimum absolute atomic E-state index is 0.148. The number of nitrogens with one attached hydrogen (secondary N) is 1. The summed E-state index contributed by atoms with van der Waals surface area (Å²) < 4.78 is 9.97. The molecule has 2 aromatic rings. The second-order valence-electron chi connectivity index (χ2n) is 3.44. The maximum Gasteiger partial charge on any atom is 0.245 e. The predicted octanol–water partition coefficient (Wildman–Crippen LogP) is 0.710. The van der Waals surface area contributed by atoms with Crippen LogP contribution in [0, 0.1) is 0 Å². The summed E-state index contributed by atoms with van der Waals surface area (Å²) in [5, 5.41) is 11.3.